The van der Waals surface area contributed by atoms with E-state index >= 15 is 0 Å². The van der Waals surface area contributed by atoms with Gasteiger partial charge in [0.1, 0.15) is 16.8 Å². The third kappa shape index (κ3) is 3.48. The fourth-order valence-electron chi connectivity index (χ4n) is 3.39. The molecule has 27 heavy (non-hydrogen) atoms. The first-order valence-electron chi connectivity index (χ1n) is 8.59. The van der Waals surface area contributed by atoms with Gasteiger partial charge in [0.15, 0.2) is 6.61 Å². The van der Waals surface area contributed by atoms with Crippen molar-refractivity contribution in [1.29, 1.82) is 0 Å². The Labute approximate surface area is 160 Å². The standard InChI is InChI=1S/C19H18N4O3S/c1-11-7-13-8-14(3-6-18(13)23(11)12(2)24)20-19(25)10-26-15-4-5-16-17(9-15)22-27-21-16/h3-6,8-9,11H,7,10H2,1-2H3,(H,20,25). The molecule has 1 atom stereocenters. The molecule has 2 amide bonds. The number of carbonyl (C=O) groups excluding carboxylic acids is 2. The van der Waals surface area contributed by atoms with Crippen molar-refractivity contribution in [1.82, 2.24) is 8.75 Å². The maximum atomic E-state index is 12.2. The third-order valence-electron chi connectivity index (χ3n) is 4.51. The molecule has 0 aliphatic carbocycles. The van der Waals surface area contributed by atoms with Gasteiger partial charge in [-0.3, -0.25) is 9.59 Å². The monoisotopic (exact) mass is 382 g/mol. The summed E-state index contributed by atoms with van der Waals surface area (Å²) >= 11 is 1.14. The number of hydrogen-bond donors (Lipinski definition) is 1. The van der Waals surface area contributed by atoms with Crippen molar-refractivity contribution >= 4 is 46.0 Å². The number of amides is 2. The van der Waals surface area contributed by atoms with E-state index in [1.54, 1.807) is 30.0 Å². The number of hydrogen-bond acceptors (Lipinski definition) is 6. The molecular weight excluding hydrogens is 364 g/mol. The second-order valence-electron chi connectivity index (χ2n) is 6.54. The quantitative estimate of drug-likeness (QED) is 0.750. The lowest BCUT2D eigenvalue weighted by atomic mass is 10.1. The second kappa shape index (κ2) is 6.96. The molecule has 3 aromatic rings. The number of carbonyl (C=O) groups is 2. The van der Waals surface area contributed by atoms with Crippen LogP contribution in [0.15, 0.2) is 36.4 Å². The van der Waals surface area contributed by atoms with Crippen LogP contribution in [0.4, 0.5) is 11.4 Å². The molecule has 1 N–H and O–H groups in total. The Morgan fingerprint density at radius 2 is 2.04 bits per heavy atom. The van der Waals surface area contributed by atoms with Crippen LogP contribution in [0.2, 0.25) is 0 Å². The van der Waals surface area contributed by atoms with Crippen LogP contribution in [0, 0.1) is 0 Å². The van der Waals surface area contributed by atoms with Gasteiger partial charge in [-0.25, -0.2) is 0 Å². The largest absolute Gasteiger partial charge is 0.484 e. The minimum atomic E-state index is -0.249. The molecule has 4 rings (SSSR count). The van der Waals surface area contributed by atoms with E-state index in [9.17, 15) is 9.59 Å². The second-order valence-corrected chi connectivity index (χ2v) is 7.07. The first kappa shape index (κ1) is 17.4. The molecule has 0 spiro atoms. The first-order valence-corrected chi connectivity index (χ1v) is 9.32. The Morgan fingerprint density at radius 3 is 2.85 bits per heavy atom. The van der Waals surface area contributed by atoms with Crippen LogP contribution in [0.25, 0.3) is 11.0 Å². The smallest absolute Gasteiger partial charge is 0.262 e. The molecule has 138 valence electrons. The predicted molar refractivity (Wildman–Crippen MR) is 104 cm³/mol. The van der Waals surface area contributed by atoms with Gasteiger partial charge in [0.05, 0.1) is 11.7 Å². The summed E-state index contributed by atoms with van der Waals surface area (Å²) in [5.41, 5.74) is 4.22. The van der Waals surface area contributed by atoms with E-state index in [4.69, 9.17) is 4.74 Å². The number of nitrogens with one attached hydrogen (secondary N) is 1. The molecule has 2 aromatic carbocycles. The number of anilines is 2. The lowest BCUT2D eigenvalue weighted by molar-refractivity contribution is -0.118. The number of ether oxygens (including phenoxy) is 1. The summed E-state index contributed by atoms with van der Waals surface area (Å²) in [5.74, 6) is 0.352. The Bertz CT molecular complexity index is 1030. The average molecular weight is 382 g/mol. The topological polar surface area (TPSA) is 84.4 Å². The number of benzene rings is 2. The van der Waals surface area contributed by atoms with Gasteiger partial charge in [0.2, 0.25) is 5.91 Å². The van der Waals surface area contributed by atoms with Gasteiger partial charge in [0.25, 0.3) is 5.91 Å². The van der Waals surface area contributed by atoms with Gasteiger partial charge in [-0.05, 0) is 49.2 Å². The third-order valence-corrected chi connectivity index (χ3v) is 5.07. The van der Waals surface area contributed by atoms with E-state index < -0.39 is 0 Å². The number of rotatable bonds is 4. The fourth-order valence-corrected chi connectivity index (χ4v) is 3.90. The molecule has 0 saturated heterocycles. The van der Waals surface area contributed by atoms with Crippen molar-refractivity contribution in [3.05, 3.63) is 42.0 Å². The van der Waals surface area contributed by atoms with Crippen molar-refractivity contribution in [2.45, 2.75) is 26.3 Å². The summed E-state index contributed by atoms with van der Waals surface area (Å²) in [7, 11) is 0. The minimum Gasteiger partial charge on any atom is -0.484 e. The van der Waals surface area contributed by atoms with Gasteiger partial charge in [0, 0.05) is 30.4 Å². The van der Waals surface area contributed by atoms with Crippen LogP contribution in [0.3, 0.4) is 0 Å². The molecule has 1 unspecified atom stereocenters. The maximum Gasteiger partial charge on any atom is 0.262 e. The number of aromatic nitrogens is 2. The maximum absolute atomic E-state index is 12.2. The highest BCUT2D eigenvalue weighted by molar-refractivity contribution is 7.00. The van der Waals surface area contributed by atoms with E-state index in [0.29, 0.717) is 11.4 Å². The van der Waals surface area contributed by atoms with Crippen LogP contribution in [0.5, 0.6) is 5.75 Å². The lowest BCUT2D eigenvalue weighted by Gasteiger charge is -2.20. The molecule has 8 heteroatoms. The molecule has 0 fully saturated rings. The average Bonchev–Trinajstić information content (AvgIpc) is 3.22. The molecule has 7 nitrogen and oxygen atoms in total. The lowest BCUT2D eigenvalue weighted by Crippen LogP contribution is -2.33. The summed E-state index contributed by atoms with van der Waals surface area (Å²) in [4.78, 5) is 25.8. The van der Waals surface area contributed by atoms with Crippen molar-refractivity contribution in [3.8, 4) is 5.75 Å². The van der Waals surface area contributed by atoms with E-state index in [-0.39, 0.29) is 24.5 Å². The molecule has 1 aliphatic rings. The van der Waals surface area contributed by atoms with Gasteiger partial charge in [-0.15, -0.1) is 0 Å². The first-order chi connectivity index (χ1) is 13.0. The van der Waals surface area contributed by atoms with Gasteiger partial charge in [-0.2, -0.15) is 8.75 Å². The van der Waals surface area contributed by atoms with E-state index in [1.165, 1.54) is 0 Å². The Morgan fingerprint density at radius 1 is 1.22 bits per heavy atom. The highest BCUT2D eigenvalue weighted by Crippen LogP contribution is 2.34. The summed E-state index contributed by atoms with van der Waals surface area (Å²) in [6.45, 7) is 3.48. The van der Waals surface area contributed by atoms with Crippen LogP contribution < -0.4 is 15.0 Å². The van der Waals surface area contributed by atoms with Gasteiger partial charge >= 0.3 is 0 Å². The van der Waals surface area contributed by atoms with Crippen LogP contribution in [-0.4, -0.2) is 33.2 Å². The predicted octanol–water partition coefficient (Wildman–Crippen LogP) is 3.01. The normalized spacial score (nSPS) is 15.6. The molecule has 0 radical (unpaired) electrons. The highest BCUT2D eigenvalue weighted by Gasteiger charge is 2.28. The van der Waals surface area contributed by atoms with Crippen molar-refractivity contribution in [2.75, 3.05) is 16.8 Å². The molecule has 1 aliphatic heterocycles. The highest BCUT2D eigenvalue weighted by atomic mass is 32.1. The van der Waals surface area contributed by atoms with Crippen molar-refractivity contribution < 1.29 is 14.3 Å². The zero-order chi connectivity index (χ0) is 19.0. The van der Waals surface area contributed by atoms with Crippen LogP contribution in [-0.2, 0) is 16.0 Å². The Hall–Kier alpha value is -3.00. The summed E-state index contributed by atoms with van der Waals surface area (Å²) in [6, 6.07) is 11.1. The summed E-state index contributed by atoms with van der Waals surface area (Å²) < 4.78 is 13.8. The molecule has 1 aromatic heterocycles. The van der Waals surface area contributed by atoms with Gasteiger partial charge in [-0.1, -0.05) is 0 Å². The fraction of sp³-hybridized carbons (Fsp3) is 0.263. The van der Waals surface area contributed by atoms with Crippen molar-refractivity contribution in [2.24, 2.45) is 0 Å². The molecule has 0 saturated carbocycles. The molecular formula is C19H18N4O3S. The summed E-state index contributed by atoms with van der Waals surface area (Å²) in [6.07, 6.45) is 0.775. The van der Waals surface area contributed by atoms with Gasteiger partial charge < -0.3 is 15.0 Å². The Kier molecular flexibility index (Phi) is 4.49. The summed E-state index contributed by atoms with van der Waals surface area (Å²) in [5, 5.41) is 2.84. The van der Waals surface area contributed by atoms with E-state index in [0.717, 1.165) is 40.4 Å². The zero-order valence-electron chi connectivity index (χ0n) is 14.9. The molecule has 2 heterocycles. The Balaban J connectivity index is 1.40. The molecule has 0 bridgehead atoms. The van der Waals surface area contributed by atoms with Crippen LogP contribution in [0.1, 0.15) is 19.4 Å². The van der Waals surface area contributed by atoms with E-state index in [1.807, 2.05) is 25.1 Å². The van der Waals surface area contributed by atoms with Crippen molar-refractivity contribution in [3.63, 3.8) is 0 Å². The minimum absolute atomic E-state index is 0.0266. The van der Waals surface area contributed by atoms with Crippen LogP contribution >= 0.6 is 11.7 Å². The van der Waals surface area contributed by atoms with E-state index in [2.05, 4.69) is 14.1 Å². The SMILES string of the molecule is CC(=O)N1c2ccc(NC(=O)COc3ccc4nsnc4c3)cc2CC1C. The number of nitrogens with zero attached hydrogens (tertiary/aromatic N) is 3. The number of fused-ring (bicyclic) bond motifs is 2. The zero-order valence-corrected chi connectivity index (χ0v) is 15.7.